The smallest absolute Gasteiger partial charge is 0.312 e. The number of urea groups is 1. The van der Waals surface area contributed by atoms with Crippen molar-refractivity contribution in [3.63, 3.8) is 0 Å². The highest BCUT2D eigenvalue weighted by atomic mass is 16.5. The summed E-state index contributed by atoms with van der Waals surface area (Å²) in [6.45, 7) is 1.87. The molecule has 0 saturated heterocycles. The Kier molecular flexibility index (Phi) is 7.00. The molecule has 0 saturated carbocycles. The summed E-state index contributed by atoms with van der Waals surface area (Å²) in [5, 5.41) is 5.56. The number of carbonyl (C=O) groups excluding carboxylic acids is 2. The van der Waals surface area contributed by atoms with E-state index in [0.717, 1.165) is 5.56 Å². The van der Waals surface area contributed by atoms with Crippen LogP contribution in [0.5, 0.6) is 11.5 Å². The van der Waals surface area contributed by atoms with E-state index in [1.807, 2.05) is 61.5 Å². The number of pyridine rings is 1. The highest BCUT2D eigenvalue weighted by Gasteiger charge is 2.20. The van der Waals surface area contributed by atoms with Gasteiger partial charge in [0.25, 0.3) is 0 Å². The van der Waals surface area contributed by atoms with Crippen molar-refractivity contribution in [2.75, 3.05) is 0 Å². The van der Waals surface area contributed by atoms with Crippen molar-refractivity contribution in [1.82, 2.24) is 15.6 Å². The van der Waals surface area contributed by atoms with Crippen LogP contribution < -0.4 is 21.1 Å². The molecule has 0 radical (unpaired) electrons. The van der Waals surface area contributed by atoms with Gasteiger partial charge in [-0.05, 0) is 48.4 Å². The second-order valence-electron chi connectivity index (χ2n) is 6.83. The number of para-hydroxylation sites is 1. The molecule has 3 aromatic rings. The number of carbonyl (C=O) groups is 2. The zero-order valence-electron chi connectivity index (χ0n) is 16.6. The fourth-order valence-electron chi connectivity index (χ4n) is 3.04. The predicted octanol–water partition coefficient (Wildman–Crippen LogP) is 3.85. The van der Waals surface area contributed by atoms with Gasteiger partial charge in [0.2, 0.25) is 5.91 Å². The Morgan fingerprint density at radius 2 is 1.70 bits per heavy atom. The van der Waals surface area contributed by atoms with Gasteiger partial charge in [-0.25, -0.2) is 4.79 Å². The second-order valence-corrected chi connectivity index (χ2v) is 6.83. The Morgan fingerprint density at radius 3 is 2.40 bits per heavy atom. The monoisotopic (exact) mass is 404 g/mol. The molecule has 0 bridgehead atoms. The van der Waals surface area contributed by atoms with Crippen LogP contribution in [0.1, 0.15) is 36.6 Å². The van der Waals surface area contributed by atoms with Crippen molar-refractivity contribution in [2.24, 2.45) is 5.73 Å². The third-order valence-electron chi connectivity index (χ3n) is 4.51. The van der Waals surface area contributed by atoms with E-state index in [1.165, 1.54) is 0 Å². The zero-order chi connectivity index (χ0) is 21.3. The number of amides is 3. The number of nitrogens with one attached hydrogen (secondary N) is 2. The van der Waals surface area contributed by atoms with Crippen molar-refractivity contribution >= 4 is 11.9 Å². The minimum absolute atomic E-state index is 0.0301. The van der Waals surface area contributed by atoms with Crippen LogP contribution in [0.15, 0.2) is 79.1 Å². The van der Waals surface area contributed by atoms with E-state index in [2.05, 4.69) is 15.6 Å². The number of ether oxygens (including phenoxy) is 1. The summed E-state index contributed by atoms with van der Waals surface area (Å²) in [5.74, 6) is 1.07. The Balaban J connectivity index is 1.71. The number of nitrogens with two attached hydrogens (primary N) is 1. The summed E-state index contributed by atoms with van der Waals surface area (Å²) in [4.78, 5) is 28.2. The van der Waals surface area contributed by atoms with E-state index in [1.54, 1.807) is 24.5 Å². The Hall–Kier alpha value is -3.87. The molecule has 154 valence electrons. The minimum atomic E-state index is -0.706. The predicted molar refractivity (Wildman–Crippen MR) is 114 cm³/mol. The van der Waals surface area contributed by atoms with Gasteiger partial charge in [0.05, 0.1) is 18.5 Å². The molecule has 2 unspecified atom stereocenters. The molecule has 1 aromatic heterocycles. The fourth-order valence-corrected chi connectivity index (χ4v) is 3.04. The summed E-state index contributed by atoms with van der Waals surface area (Å²) in [6, 6.07) is 18.8. The second kappa shape index (κ2) is 10.1. The maximum absolute atomic E-state index is 12.6. The molecule has 0 aliphatic heterocycles. The SMILES string of the molecule is CC(NC(=O)CC(NC(N)=O)c1cccc(Oc2ccccc2)c1)c1cccnc1. The van der Waals surface area contributed by atoms with Crippen LogP contribution in [0, 0.1) is 0 Å². The molecule has 0 fully saturated rings. The molecule has 2 atom stereocenters. The van der Waals surface area contributed by atoms with Crippen molar-refractivity contribution in [3.8, 4) is 11.5 Å². The van der Waals surface area contributed by atoms with Crippen molar-refractivity contribution in [1.29, 1.82) is 0 Å². The number of primary amides is 1. The van der Waals surface area contributed by atoms with Gasteiger partial charge in [-0.1, -0.05) is 36.4 Å². The third-order valence-corrected chi connectivity index (χ3v) is 4.51. The summed E-state index contributed by atoms with van der Waals surface area (Å²) in [6.07, 6.45) is 3.41. The maximum atomic E-state index is 12.6. The minimum Gasteiger partial charge on any atom is -0.457 e. The van der Waals surface area contributed by atoms with Crippen LogP contribution in [0.4, 0.5) is 4.79 Å². The van der Waals surface area contributed by atoms with E-state index in [4.69, 9.17) is 10.5 Å². The lowest BCUT2D eigenvalue weighted by Gasteiger charge is -2.20. The number of nitrogens with zero attached hydrogens (tertiary/aromatic N) is 1. The van der Waals surface area contributed by atoms with Gasteiger partial charge < -0.3 is 21.1 Å². The van der Waals surface area contributed by atoms with Crippen LogP contribution in [0.3, 0.4) is 0 Å². The molecular formula is C23H24N4O3. The number of aromatic nitrogens is 1. The van der Waals surface area contributed by atoms with E-state index < -0.39 is 12.1 Å². The molecular weight excluding hydrogens is 380 g/mol. The number of hydrogen-bond acceptors (Lipinski definition) is 4. The van der Waals surface area contributed by atoms with Gasteiger partial charge in [-0.3, -0.25) is 9.78 Å². The van der Waals surface area contributed by atoms with Crippen LogP contribution in [-0.2, 0) is 4.79 Å². The molecule has 3 amide bonds. The standard InChI is InChI=1S/C23H24N4O3/c1-16(18-8-6-12-25-15-18)26-22(28)14-21(27-23(24)29)17-7-5-11-20(13-17)30-19-9-3-2-4-10-19/h2-13,15-16,21H,14H2,1H3,(H,26,28)(H3,24,27,29). The Labute approximate surface area is 175 Å². The van der Waals surface area contributed by atoms with E-state index in [0.29, 0.717) is 17.1 Å². The first-order valence-electron chi connectivity index (χ1n) is 9.59. The van der Waals surface area contributed by atoms with E-state index >= 15 is 0 Å². The Morgan fingerprint density at radius 1 is 0.967 bits per heavy atom. The van der Waals surface area contributed by atoms with Crippen LogP contribution in [0.25, 0.3) is 0 Å². The lowest BCUT2D eigenvalue weighted by atomic mass is 10.0. The molecule has 0 aliphatic rings. The lowest BCUT2D eigenvalue weighted by Crippen LogP contribution is -2.37. The average Bonchev–Trinajstić information content (AvgIpc) is 2.74. The quantitative estimate of drug-likeness (QED) is 0.530. The van der Waals surface area contributed by atoms with Gasteiger partial charge >= 0.3 is 6.03 Å². The maximum Gasteiger partial charge on any atom is 0.312 e. The number of hydrogen-bond donors (Lipinski definition) is 3. The van der Waals surface area contributed by atoms with Crippen LogP contribution in [-0.4, -0.2) is 16.9 Å². The van der Waals surface area contributed by atoms with Gasteiger partial charge in [0.1, 0.15) is 11.5 Å². The van der Waals surface area contributed by atoms with Gasteiger partial charge in [0, 0.05) is 12.4 Å². The molecule has 7 heteroatoms. The van der Waals surface area contributed by atoms with E-state index in [9.17, 15) is 9.59 Å². The third kappa shape index (κ3) is 6.07. The largest absolute Gasteiger partial charge is 0.457 e. The van der Waals surface area contributed by atoms with Crippen molar-refractivity contribution in [2.45, 2.75) is 25.4 Å². The average molecular weight is 404 g/mol. The van der Waals surface area contributed by atoms with Gasteiger partial charge in [0.15, 0.2) is 0 Å². The summed E-state index contributed by atoms with van der Waals surface area (Å²) < 4.78 is 5.85. The summed E-state index contributed by atoms with van der Waals surface area (Å²) in [7, 11) is 0. The first kappa shape index (κ1) is 20.9. The molecule has 30 heavy (non-hydrogen) atoms. The molecule has 0 aliphatic carbocycles. The summed E-state index contributed by atoms with van der Waals surface area (Å²) >= 11 is 0. The lowest BCUT2D eigenvalue weighted by molar-refractivity contribution is -0.122. The van der Waals surface area contributed by atoms with Gasteiger partial charge in [-0.2, -0.15) is 0 Å². The molecule has 4 N–H and O–H groups in total. The molecule has 1 heterocycles. The normalized spacial score (nSPS) is 12.4. The van der Waals surface area contributed by atoms with Crippen LogP contribution in [0.2, 0.25) is 0 Å². The highest BCUT2D eigenvalue weighted by Crippen LogP contribution is 2.26. The first-order chi connectivity index (χ1) is 14.5. The molecule has 2 aromatic carbocycles. The topological polar surface area (TPSA) is 106 Å². The number of benzene rings is 2. The molecule has 3 rings (SSSR count). The van der Waals surface area contributed by atoms with Crippen molar-refractivity contribution in [3.05, 3.63) is 90.3 Å². The molecule has 7 nitrogen and oxygen atoms in total. The number of rotatable bonds is 8. The van der Waals surface area contributed by atoms with E-state index in [-0.39, 0.29) is 18.4 Å². The fraction of sp³-hybridized carbons (Fsp3) is 0.174. The van der Waals surface area contributed by atoms with Crippen LogP contribution >= 0.6 is 0 Å². The summed E-state index contributed by atoms with van der Waals surface area (Å²) in [5.41, 5.74) is 6.95. The molecule has 0 spiro atoms. The highest BCUT2D eigenvalue weighted by molar-refractivity contribution is 5.79. The van der Waals surface area contributed by atoms with Crippen molar-refractivity contribution < 1.29 is 14.3 Å². The zero-order valence-corrected chi connectivity index (χ0v) is 16.6. The Bertz CT molecular complexity index is 980. The first-order valence-corrected chi connectivity index (χ1v) is 9.59. The van der Waals surface area contributed by atoms with Gasteiger partial charge in [-0.15, -0.1) is 0 Å².